The molecule has 0 spiro atoms. The first-order chi connectivity index (χ1) is 5.59. The van der Waals surface area contributed by atoms with E-state index in [-0.39, 0.29) is 11.5 Å². The predicted octanol–water partition coefficient (Wildman–Crippen LogP) is -1.18. The van der Waals surface area contributed by atoms with Gasteiger partial charge in [-0.3, -0.25) is 14.3 Å². The van der Waals surface area contributed by atoms with E-state index in [9.17, 15) is 9.59 Å². The minimum Gasteiger partial charge on any atom is -0.392 e. The summed E-state index contributed by atoms with van der Waals surface area (Å²) in [5.74, 6) is 0. The van der Waals surface area contributed by atoms with E-state index in [4.69, 9.17) is 5.73 Å². The highest BCUT2D eigenvalue weighted by molar-refractivity contribution is 7.80. The van der Waals surface area contributed by atoms with Crippen LogP contribution in [0.25, 0.3) is 0 Å². The molecular weight excluding hydrogens is 178 g/mol. The molecule has 0 bridgehead atoms. The van der Waals surface area contributed by atoms with Crippen LogP contribution in [0.3, 0.4) is 0 Å². The number of hydrogen-bond donors (Lipinski definition) is 2. The Kier molecular flexibility index (Phi) is 2.39. The van der Waals surface area contributed by atoms with Crippen molar-refractivity contribution in [2.45, 2.75) is 6.54 Å². The summed E-state index contributed by atoms with van der Waals surface area (Å²) in [6.45, 7) is 0.144. The van der Waals surface area contributed by atoms with E-state index in [1.54, 1.807) is 0 Å². The van der Waals surface area contributed by atoms with E-state index in [0.29, 0.717) is 0 Å². The van der Waals surface area contributed by atoms with Gasteiger partial charge in [0, 0.05) is 12.3 Å². The summed E-state index contributed by atoms with van der Waals surface area (Å²) in [7, 11) is 0. The molecule has 0 aliphatic rings. The van der Waals surface area contributed by atoms with Crippen LogP contribution >= 0.6 is 12.2 Å². The van der Waals surface area contributed by atoms with Gasteiger partial charge in [-0.25, -0.2) is 4.79 Å². The molecule has 1 heterocycles. The van der Waals surface area contributed by atoms with Gasteiger partial charge >= 0.3 is 5.69 Å². The Morgan fingerprint density at radius 2 is 2.33 bits per heavy atom. The molecule has 3 N–H and O–H groups in total. The molecule has 0 aliphatic carbocycles. The minimum atomic E-state index is -0.504. The van der Waals surface area contributed by atoms with E-state index < -0.39 is 11.2 Å². The maximum Gasteiger partial charge on any atom is 0.328 e. The van der Waals surface area contributed by atoms with Gasteiger partial charge in [-0.15, -0.1) is 0 Å². The lowest BCUT2D eigenvalue weighted by Crippen LogP contribution is -2.32. The highest BCUT2D eigenvalue weighted by Crippen LogP contribution is 1.76. The van der Waals surface area contributed by atoms with Crippen LogP contribution in [0.5, 0.6) is 0 Å². The number of aromatic nitrogens is 2. The fraction of sp³-hybridized carbons (Fsp3) is 0.167. The van der Waals surface area contributed by atoms with Crippen molar-refractivity contribution in [3.63, 3.8) is 0 Å². The molecule has 1 aromatic rings. The summed E-state index contributed by atoms with van der Waals surface area (Å²) in [5, 5.41) is 0. The van der Waals surface area contributed by atoms with Gasteiger partial charge in [0.05, 0.1) is 11.5 Å². The quantitative estimate of drug-likeness (QED) is 0.568. The molecule has 1 rings (SSSR count). The second-order valence-corrected chi connectivity index (χ2v) is 2.73. The Balaban J connectivity index is 3.10. The predicted molar refractivity (Wildman–Crippen MR) is 48.1 cm³/mol. The number of H-pyrrole nitrogens is 1. The second kappa shape index (κ2) is 3.31. The number of thiocarbonyl (C=S) groups is 1. The van der Waals surface area contributed by atoms with Crippen LogP contribution < -0.4 is 17.0 Å². The van der Waals surface area contributed by atoms with E-state index >= 15 is 0 Å². The van der Waals surface area contributed by atoms with Crippen LogP contribution in [-0.4, -0.2) is 14.5 Å². The van der Waals surface area contributed by atoms with Crippen molar-refractivity contribution in [2.24, 2.45) is 5.73 Å². The highest BCUT2D eigenvalue weighted by Gasteiger charge is 1.96. The van der Waals surface area contributed by atoms with Crippen LogP contribution in [0.2, 0.25) is 0 Å². The second-order valence-electron chi connectivity index (χ2n) is 2.20. The lowest BCUT2D eigenvalue weighted by molar-refractivity contribution is 0.759. The van der Waals surface area contributed by atoms with Crippen molar-refractivity contribution in [3.8, 4) is 0 Å². The normalized spacial score (nSPS) is 9.67. The molecule has 0 fully saturated rings. The van der Waals surface area contributed by atoms with Crippen molar-refractivity contribution in [2.75, 3.05) is 0 Å². The number of hydrogen-bond acceptors (Lipinski definition) is 3. The summed E-state index contributed by atoms with van der Waals surface area (Å²) < 4.78 is 1.23. The molecule has 0 unspecified atom stereocenters. The average Bonchev–Trinajstić information content (AvgIpc) is 1.94. The fourth-order valence-electron chi connectivity index (χ4n) is 0.737. The van der Waals surface area contributed by atoms with Crippen LogP contribution in [-0.2, 0) is 6.54 Å². The molecule has 5 nitrogen and oxygen atoms in total. The first-order valence-corrected chi connectivity index (χ1v) is 3.58. The SMILES string of the molecule is NC(=S)Cn1ccc(=O)[nH]c1=O. The topological polar surface area (TPSA) is 80.9 Å². The molecule has 0 aromatic carbocycles. The third-order valence-corrected chi connectivity index (χ3v) is 1.35. The van der Waals surface area contributed by atoms with Crippen molar-refractivity contribution in [1.29, 1.82) is 0 Å². The molecule has 0 saturated carbocycles. The van der Waals surface area contributed by atoms with Gasteiger partial charge in [0.15, 0.2) is 0 Å². The van der Waals surface area contributed by atoms with Crippen molar-refractivity contribution in [3.05, 3.63) is 33.1 Å². The number of nitrogens with one attached hydrogen (secondary N) is 1. The Morgan fingerprint density at radius 1 is 1.67 bits per heavy atom. The summed E-state index contributed by atoms with van der Waals surface area (Å²) in [6, 6.07) is 1.24. The summed E-state index contributed by atoms with van der Waals surface area (Å²) in [4.78, 5) is 23.8. The van der Waals surface area contributed by atoms with Gasteiger partial charge < -0.3 is 5.73 Å². The van der Waals surface area contributed by atoms with Gasteiger partial charge in [-0.1, -0.05) is 12.2 Å². The number of aromatic amines is 1. The smallest absolute Gasteiger partial charge is 0.328 e. The van der Waals surface area contributed by atoms with Crippen LogP contribution in [0.4, 0.5) is 0 Å². The largest absolute Gasteiger partial charge is 0.392 e. The van der Waals surface area contributed by atoms with Gasteiger partial charge in [0.2, 0.25) is 0 Å². The third kappa shape index (κ3) is 2.03. The standard InChI is InChI=1S/C6H7N3O2S/c7-4(12)3-9-2-1-5(10)8-6(9)11/h1-2H,3H2,(H2,7,12)(H,8,10,11). The van der Waals surface area contributed by atoms with E-state index in [1.165, 1.54) is 16.8 Å². The molecule has 12 heavy (non-hydrogen) atoms. The maximum atomic E-state index is 11.0. The van der Waals surface area contributed by atoms with Crippen molar-refractivity contribution >= 4 is 17.2 Å². The Labute approximate surface area is 72.8 Å². The van der Waals surface area contributed by atoms with Crippen LogP contribution in [0, 0.1) is 0 Å². The average molecular weight is 185 g/mol. The lowest BCUT2D eigenvalue weighted by atomic mass is 10.6. The molecule has 0 aliphatic heterocycles. The van der Waals surface area contributed by atoms with Crippen LogP contribution in [0.15, 0.2) is 21.9 Å². The maximum absolute atomic E-state index is 11.0. The monoisotopic (exact) mass is 185 g/mol. The summed E-state index contributed by atoms with van der Waals surface area (Å²) in [5.41, 5.74) is 4.28. The van der Waals surface area contributed by atoms with Crippen LogP contribution in [0.1, 0.15) is 0 Å². The third-order valence-electron chi connectivity index (χ3n) is 1.22. The number of rotatable bonds is 2. The highest BCUT2D eigenvalue weighted by atomic mass is 32.1. The molecule has 1 aromatic heterocycles. The molecule has 6 heteroatoms. The number of nitrogens with two attached hydrogens (primary N) is 1. The van der Waals surface area contributed by atoms with E-state index in [1.807, 2.05) is 0 Å². The van der Waals surface area contributed by atoms with Crippen molar-refractivity contribution < 1.29 is 0 Å². The van der Waals surface area contributed by atoms with E-state index in [0.717, 1.165) is 0 Å². The fourth-order valence-corrected chi connectivity index (χ4v) is 0.876. The molecule has 64 valence electrons. The van der Waals surface area contributed by atoms with Crippen molar-refractivity contribution in [1.82, 2.24) is 9.55 Å². The Bertz CT molecular complexity index is 406. The Morgan fingerprint density at radius 3 is 2.83 bits per heavy atom. The molecule has 0 amide bonds. The molecule has 0 saturated heterocycles. The zero-order valence-electron chi connectivity index (χ0n) is 6.11. The first-order valence-electron chi connectivity index (χ1n) is 3.17. The molecular formula is C6H7N3O2S. The number of nitrogens with zero attached hydrogens (tertiary/aromatic N) is 1. The van der Waals surface area contributed by atoms with Gasteiger partial charge in [0.1, 0.15) is 0 Å². The van der Waals surface area contributed by atoms with E-state index in [2.05, 4.69) is 17.2 Å². The lowest BCUT2D eigenvalue weighted by Gasteiger charge is -2.00. The zero-order chi connectivity index (χ0) is 9.14. The summed E-state index contributed by atoms with van der Waals surface area (Å²) in [6.07, 6.45) is 1.35. The minimum absolute atomic E-state index is 0.144. The molecule has 0 radical (unpaired) electrons. The zero-order valence-corrected chi connectivity index (χ0v) is 6.93. The van der Waals surface area contributed by atoms with Gasteiger partial charge in [0.25, 0.3) is 5.56 Å². The molecule has 0 atom stereocenters. The first kappa shape index (κ1) is 8.66. The van der Waals surface area contributed by atoms with Gasteiger partial charge in [-0.2, -0.15) is 0 Å². The summed E-state index contributed by atoms with van der Waals surface area (Å²) >= 11 is 4.60. The Hall–Kier alpha value is -1.43. The van der Waals surface area contributed by atoms with Gasteiger partial charge in [-0.05, 0) is 0 Å².